The molecule has 0 aliphatic carbocycles. The molecule has 4 nitrogen and oxygen atoms in total. The number of aromatic nitrogens is 2. The smallest absolute Gasteiger partial charge is 0.0540 e. The molecule has 18 heavy (non-hydrogen) atoms. The molecule has 0 bridgehead atoms. The molecule has 1 saturated heterocycles. The third-order valence-corrected chi connectivity index (χ3v) is 4.26. The Hall–Kier alpha value is -0.870. The molecule has 2 rings (SSSR count). The number of rotatable bonds is 4. The van der Waals surface area contributed by atoms with Crippen LogP contribution in [0.5, 0.6) is 0 Å². The van der Waals surface area contributed by atoms with Crippen molar-refractivity contribution in [1.82, 2.24) is 20.0 Å². The standard InChI is InChI=1S/C14H26N4/c1-5-18-8-6-13(7-9-18)16-11(2)14-10-15-17(4)12(14)3/h10-11,13,16H,5-9H2,1-4H3. The second-order valence-corrected chi connectivity index (χ2v) is 5.41. The van der Waals surface area contributed by atoms with Crippen LogP contribution < -0.4 is 5.32 Å². The third kappa shape index (κ3) is 2.93. The Morgan fingerprint density at radius 2 is 2.11 bits per heavy atom. The van der Waals surface area contributed by atoms with Crippen LogP contribution in [-0.4, -0.2) is 40.4 Å². The highest BCUT2D eigenvalue weighted by Gasteiger charge is 2.21. The van der Waals surface area contributed by atoms with Crippen molar-refractivity contribution in [3.05, 3.63) is 17.5 Å². The third-order valence-electron chi connectivity index (χ3n) is 4.26. The SMILES string of the molecule is CCN1CCC(NC(C)c2cnn(C)c2C)CC1. The summed E-state index contributed by atoms with van der Waals surface area (Å²) in [6.07, 6.45) is 4.52. The van der Waals surface area contributed by atoms with Crippen LogP contribution in [0.3, 0.4) is 0 Å². The zero-order valence-corrected chi connectivity index (χ0v) is 12.1. The van der Waals surface area contributed by atoms with Crippen molar-refractivity contribution in [2.75, 3.05) is 19.6 Å². The maximum Gasteiger partial charge on any atom is 0.0540 e. The van der Waals surface area contributed by atoms with E-state index in [4.69, 9.17) is 0 Å². The van der Waals surface area contributed by atoms with Crippen molar-refractivity contribution >= 4 is 0 Å². The second-order valence-electron chi connectivity index (χ2n) is 5.41. The highest BCUT2D eigenvalue weighted by molar-refractivity contribution is 5.19. The van der Waals surface area contributed by atoms with E-state index < -0.39 is 0 Å². The molecule has 0 saturated carbocycles. The van der Waals surface area contributed by atoms with Crippen molar-refractivity contribution in [1.29, 1.82) is 0 Å². The normalized spacial score (nSPS) is 20.2. The van der Waals surface area contributed by atoms with Gasteiger partial charge < -0.3 is 10.2 Å². The zero-order chi connectivity index (χ0) is 13.1. The van der Waals surface area contributed by atoms with Crippen LogP contribution in [0.25, 0.3) is 0 Å². The molecule has 1 aromatic rings. The zero-order valence-electron chi connectivity index (χ0n) is 12.1. The maximum absolute atomic E-state index is 4.32. The van der Waals surface area contributed by atoms with Crippen LogP contribution in [-0.2, 0) is 7.05 Å². The van der Waals surface area contributed by atoms with E-state index in [9.17, 15) is 0 Å². The Balaban J connectivity index is 1.88. The molecule has 4 heteroatoms. The predicted octanol–water partition coefficient (Wildman–Crippen LogP) is 1.86. The van der Waals surface area contributed by atoms with Crippen LogP contribution >= 0.6 is 0 Å². The van der Waals surface area contributed by atoms with Gasteiger partial charge in [-0.25, -0.2) is 0 Å². The van der Waals surface area contributed by atoms with Gasteiger partial charge in [-0.15, -0.1) is 0 Å². The van der Waals surface area contributed by atoms with E-state index >= 15 is 0 Å². The van der Waals surface area contributed by atoms with Crippen LogP contribution in [0.15, 0.2) is 6.20 Å². The van der Waals surface area contributed by atoms with Gasteiger partial charge in [0.1, 0.15) is 0 Å². The minimum absolute atomic E-state index is 0.400. The van der Waals surface area contributed by atoms with E-state index in [0.29, 0.717) is 12.1 Å². The minimum atomic E-state index is 0.400. The van der Waals surface area contributed by atoms with Crippen LogP contribution in [0.4, 0.5) is 0 Å². The monoisotopic (exact) mass is 250 g/mol. The van der Waals surface area contributed by atoms with Gasteiger partial charge in [-0.2, -0.15) is 5.10 Å². The number of hydrogen-bond donors (Lipinski definition) is 1. The Bertz CT molecular complexity index is 377. The molecule has 1 aromatic heterocycles. The number of nitrogens with one attached hydrogen (secondary N) is 1. The van der Waals surface area contributed by atoms with Crippen LogP contribution in [0, 0.1) is 6.92 Å². The largest absolute Gasteiger partial charge is 0.307 e. The Labute approximate surface area is 110 Å². The molecular formula is C14H26N4. The van der Waals surface area contributed by atoms with Crippen LogP contribution in [0.1, 0.15) is 44.0 Å². The molecular weight excluding hydrogens is 224 g/mol. The van der Waals surface area contributed by atoms with Crippen molar-refractivity contribution in [2.45, 2.75) is 45.7 Å². The second kappa shape index (κ2) is 5.85. The number of likely N-dealkylation sites (tertiary alicyclic amines) is 1. The van der Waals surface area contributed by atoms with Gasteiger partial charge in [0.15, 0.2) is 0 Å². The number of aryl methyl sites for hydroxylation is 1. The maximum atomic E-state index is 4.32. The fraction of sp³-hybridized carbons (Fsp3) is 0.786. The van der Waals surface area contributed by atoms with E-state index in [0.717, 1.165) is 0 Å². The van der Waals surface area contributed by atoms with E-state index in [-0.39, 0.29) is 0 Å². The summed E-state index contributed by atoms with van der Waals surface area (Å²) < 4.78 is 1.95. The fourth-order valence-corrected chi connectivity index (χ4v) is 2.80. The molecule has 0 amide bonds. The summed E-state index contributed by atoms with van der Waals surface area (Å²) in [5, 5.41) is 8.08. The van der Waals surface area contributed by atoms with Gasteiger partial charge in [-0.3, -0.25) is 4.68 Å². The summed E-state index contributed by atoms with van der Waals surface area (Å²) in [5.74, 6) is 0. The summed E-state index contributed by atoms with van der Waals surface area (Å²) >= 11 is 0. The topological polar surface area (TPSA) is 33.1 Å². The van der Waals surface area contributed by atoms with Gasteiger partial charge in [0.25, 0.3) is 0 Å². The fourth-order valence-electron chi connectivity index (χ4n) is 2.80. The molecule has 2 heterocycles. The average Bonchev–Trinajstić information content (AvgIpc) is 2.71. The molecule has 1 unspecified atom stereocenters. The van der Waals surface area contributed by atoms with E-state index in [1.54, 1.807) is 0 Å². The Morgan fingerprint density at radius 1 is 1.44 bits per heavy atom. The molecule has 0 radical (unpaired) electrons. The quantitative estimate of drug-likeness (QED) is 0.885. The average molecular weight is 250 g/mol. The molecule has 1 aliphatic heterocycles. The molecule has 1 aliphatic rings. The first-order valence-corrected chi connectivity index (χ1v) is 7.08. The van der Waals surface area contributed by atoms with Crippen LogP contribution in [0.2, 0.25) is 0 Å². The molecule has 1 fully saturated rings. The summed E-state index contributed by atoms with van der Waals surface area (Å²) in [4.78, 5) is 2.53. The van der Waals surface area contributed by atoms with Gasteiger partial charge in [0.05, 0.1) is 6.20 Å². The van der Waals surface area contributed by atoms with Crippen molar-refractivity contribution in [3.8, 4) is 0 Å². The first-order valence-electron chi connectivity index (χ1n) is 7.08. The van der Waals surface area contributed by atoms with Gasteiger partial charge in [-0.1, -0.05) is 6.92 Å². The van der Waals surface area contributed by atoms with Gasteiger partial charge in [-0.05, 0) is 46.3 Å². The van der Waals surface area contributed by atoms with E-state index in [2.05, 4.69) is 36.1 Å². The summed E-state index contributed by atoms with van der Waals surface area (Å²) in [6.45, 7) is 10.3. The number of piperidine rings is 1. The Morgan fingerprint density at radius 3 is 2.61 bits per heavy atom. The lowest BCUT2D eigenvalue weighted by atomic mass is 10.0. The highest BCUT2D eigenvalue weighted by atomic mass is 15.3. The minimum Gasteiger partial charge on any atom is -0.307 e. The lowest BCUT2D eigenvalue weighted by Gasteiger charge is -2.33. The van der Waals surface area contributed by atoms with Gasteiger partial charge in [0.2, 0.25) is 0 Å². The van der Waals surface area contributed by atoms with Gasteiger partial charge >= 0.3 is 0 Å². The lowest BCUT2D eigenvalue weighted by molar-refractivity contribution is 0.200. The van der Waals surface area contributed by atoms with Crippen molar-refractivity contribution < 1.29 is 0 Å². The summed E-state index contributed by atoms with van der Waals surface area (Å²) in [7, 11) is 2.01. The van der Waals surface area contributed by atoms with Crippen molar-refractivity contribution in [2.24, 2.45) is 7.05 Å². The molecule has 0 aromatic carbocycles. The van der Waals surface area contributed by atoms with E-state index in [1.807, 2.05) is 17.9 Å². The molecule has 102 valence electrons. The summed E-state index contributed by atoms with van der Waals surface area (Å²) in [5.41, 5.74) is 2.59. The molecule has 1 atom stereocenters. The predicted molar refractivity (Wildman–Crippen MR) is 74.6 cm³/mol. The summed E-state index contributed by atoms with van der Waals surface area (Å²) in [6, 6.07) is 1.05. The number of hydrogen-bond acceptors (Lipinski definition) is 3. The Kier molecular flexibility index (Phi) is 4.40. The van der Waals surface area contributed by atoms with Gasteiger partial charge in [0, 0.05) is 30.4 Å². The molecule has 0 spiro atoms. The van der Waals surface area contributed by atoms with Crippen molar-refractivity contribution in [3.63, 3.8) is 0 Å². The van der Waals surface area contributed by atoms with E-state index in [1.165, 1.54) is 43.7 Å². The first kappa shape index (κ1) is 13.6. The number of nitrogens with zero attached hydrogens (tertiary/aromatic N) is 3. The lowest BCUT2D eigenvalue weighted by Crippen LogP contribution is -2.43. The first-order chi connectivity index (χ1) is 8.61. The highest BCUT2D eigenvalue weighted by Crippen LogP contribution is 2.19. The molecule has 1 N–H and O–H groups in total.